The summed E-state index contributed by atoms with van der Waals surface area (Å²) in [5.41, 5.74) is 15.1. The molecule has 1 aromatic rings. The Bertz CT molecular complexity index is 634. The smallest absolute Gasteiger partial charge is 0.115 e. The zero-order valence-corrected chi connectivity index (χ0v) is 13.2. The highest BCUT2D eigenvalue weighted by atomic mass is 16.3. The second-order valence-electron chi connectivity index (χ2n) is 7.99. The molecule has 22 heavy (non-hydrogen) atoms. The van der Waals surface area contributed by atoms with Gasteiger partial charge in [-0.15, -0.1) is 0 Å². The lowest BCUT2D eigenvalue weighted by Gasteiger charge is -2.60. The number of aliphatic hydroxyl groups excluding tert-OH is 1. The van der Waals surface area contributed by atoms with Crippen molar-refractivity contribution in [3.63, 3.8) is 0 Å². The van der Waals surface area contributed by atoms with E-state index in [2.05, 4.69) is 6.92 Å². The van der Waals surface area contributed by atoms with E-state index in [0.717, 1.165) is 49.7 Å². The van der Waals surface area contributed by atoms with Crippen molar-refractivity contribution in [2.75, 3.05) is 0 Å². The first kappa shape index (κ1) is 14.5. The molecular weight excluding hydrogens is 276 g/mol. The highest BCUT2D eigenvalue weighted by Crippen LogP contribution is 2.62. The third-order valence-electron chi connectivity index (χ3n) is 7.22. The Labute approximate surface area is 131 Å². The minimum atomic E-state index is -0.431. The minimum Gasteiger partial charge on any atom is -0.508 e. The Balaban J connectivity index is 1.84. The fraction of sp³-hybridized carbons (Fsp3) is 0.667. The molecule has 0 amide bonds. The van der Waals surface area contributed by atoms with Crippen LogP contribution in [0.15, 0.2) is 18.2 Å². The zero-order valence-electron chi connectivity index (χ0n) is 13.2. The van der Waals surface area contributed by atoms with E-state index < -0.39 is 11.1 Å². The number of phenols is 1. The first-order chi connectivity index (χ1) is 10.3. The summed E-state index contributed by atoms with van der Waals surface area (Å²) in [5, 5.41) is 20.2. The molecule has 6 N–H and O–H groups in total. The van der Waals surface area contributed by atoms with Gasteiger partial charge in [0.1, 0.15) is 5.75 Å². The maximum Gasteiger partial charge on any atom is 0.115 e. The molecule has 4 heteroatoms. The molecule has 0 spiro atoms. The molecule has 0 bridgehead atoms. The van der Waals surface area contributed by atoms with Gasteiger partial charge in [-0.2, -0.15) is 0 Å². The van der Waals surface area contributed by atoms with Gasteiger partial charge in [-0.25, -0.2) is 0 Å². The van der Waals surface area contributed by atoms with E-state index in [4.69, 9.17) is 11.5 Å². The predicted octanol–water partition coefficient (Wildman–Crippen LogP) is 1.76. The van der Waals surface area contributed by atoms with E-state index in [1.165, 1.54) is 0 Å². The van der Waals surface area contributed by atoms with Crippen molar-refractivity contribution < 1.29 is 10.2 Å². The molecule has 4 nitrogen and oxygen atoms in total. The van der Waals surface area contributed by atoms with Gasteiger partial charge < -0.3 is 21.7 Å². The van der Waals surface area contributed by atoms with Crippen LogP contribution >= 0.6 is 0 Å². The summed E-state index contributed by atoms with van der Waals surface area (Å²) < 4.78 is 0. The van der Waals surface area contributed by atoms with Crippen molar-refractivity contribution in [3.8, 4) is 5.75 Å². The molecule has 3 aliphatic rings. The van der Waals surface area contributed by atoms with Crippen molar-refractivity contribution in [1.29, 1.82) is 0 Å². The predicted molar refractivity (Wildman–Crippen MR) is 85.3 cm³/mol. The van der Waals surface area contributed by atoms with E-state index in [1.807, 2.05) is 12.1 Å². The largest absolute Gasteiger partial charge is 0.508 e. The minimum absolute atomic E-state index is 0.188. The van der Waals surface area contributed by atoms with Crippen LogP contribution in [0.25, 0.3) is 0 Å². The maximum absolute atomic E-state index is 10.5. The van der Waals surface area contributed by atoms with Crippen LogP contribution in [-0.4, -0.2) is 21.9 Å². The molecule has 2 saturated carbocycles. The standard InChI is InChI=1S/C18H26N2O2/c1-16-8-9-17(19)13-4-3-12(21)10-11(13)2-5-14(17)18(16,20)7-6-15(16)22/h3-4,10,14-15,21-22H,2,5-9,19-20H2,1H3/t14-,15+,16-,17+,18-/m1/s1. The van der Waals surface area contributed by atoms with Gasteiger partial charge in [0.2, 0.25) is 0 Å². The molecule has 4 rings (SSSR count). The number of fused-ring (bicyclic) bond motifs is 5. The number of aromatic hydroxyl groups is 1. The van der Waals surface area contributed by atoms with E-state index in [-0.39, 0.29) is 17.4 Å². The Morgan fingerprint density at radius 2 is 1.91 bits per heavy atom. The third-order valence-corrected chi connectivity index (χ3v) is 7.22. The van der Waals surface area contributed by atoms with E-state index in [9.17, 15) is 10.2 Å². The number of aliphatic hydroxyl groups is 1. The Morgan fingerprint density at radius 1 is 1.14 bits per heavy atom. The summed E-state index contributed by atoms with van der Waals surface area (Å²) >= 11 is 0. The molecule has 0 aromatic heterocycles. The van der Waals surface area contributed by atoms with E-state index in [0.29, 0.717) is 5.75 Å². The maximum atomic E-state index is 10.5. The van der Waals surface area contributed by atoms with Crippen LogP contribution in [0, 0.1) is 11.3 Å². The average Bonchev–Trinajstić information content (AvgIpc) is 2.71. The van der Waals surface area contributed by atoms with Crippen LogP contribution < -0.4 is 11.5 Å². The zero-order chi connectivity index (χ0) is 15.8. The molecule has 2 fully saturated rings. The molecule has 0 unspecified atom stereocenters. The summed E-state index contributed by atoms with van der Waals surface area (Å²) in [6.07, 6.45) is 4.86. The fourth-order valence-corrected chi connectivity index (χ4v) is 5.74. The van der Waals surface area contributed by atoms with Crippen LogP contribution in [0.1, 0.15) is 50.2 Å². The first-order valence-electron chi connectivity index (χ1n) is 8.39. The fourth-order valence-electron chi connectivity index (χ4n) is 5.74. The van der Waals surface area contributed by atoms with Crippen molar-refractivity contribution >= 4 is 0 Å². The molecule has 5 atom stereocenters. The highest BCUT2D eigenvalue weighted by molar-refractivity contribution is 5.44. The van der Waals surface area contributed by atoms with Gasteiger partial charge in [0.25, 0.3) is 0 Å². The van der Waals surface area contributed by atoms with Gasteiger partial charge in [-0.3, -0.25) is 0 Å². The van der Waals surface area contributed by atoms with Crippen LogP contribution in [0.3, 0.4) is 0 Å². The van der Waals surface area contributed by atoms with Crippen LogP contribution in [0.5, 0.6) is 5.75 Å². The number of hydrogen-bond donors (Lipinski definition) is 4. The lowest BCUT2D eigenvalue weighted by Crippen LogP contribution is -2.70. The Morgan fingerprint density at radius 3 is 2.68 bits per heavy atom. The number of rotatable bonds is 0. The molecule has 0 aliphatic heterocycles. The Kier molecular flexibility index (Phi) is 2.80. The number of phenolic OH excluding ortho intramolecular Hbond substituents is 1. The van der Waals surface area contributed by atoms with Crippen molar-refractivity contribution in [1.82, 2.24) is 0 Å². The van der Waals surface area contributed by atoms with Gasteiger partial charge in [-0.1, -0.05) is 13.0 Å². The second kappa shape index (κ2) is 4.25. The number of aryl methyl sites for hydroxylation is 1. The average molecular weight is 302 g/mol. The summed E-state index contributed by atoms with van der Waals surface area (Å²) in [5.74, 6) is 0.494. The summed E-state index contributed by atoms with van der Waals surface area (Å²) in [4.78, 5) is 0. The van der Waals surface area contributed by atoms with Gasteiger partial charge in [0.05, 0.1) is 6.10 Å². The SMILES string of the molecule is C[C@]12CC[C@]3(N)c4ccc(O)cc4CC[C@H]3[C@]1(N)CC[C@@H]2O. The molecule has 0 heterocycles. The van der Waals surface area contributed by atoms with Gasteiger partial charge in [-0.05, 0) is 67.7 Å². The lowest BCUT2D eigenvalue weighted by molar-refractivity contribution is -0.0672. The number of hydrogen-bond acceptors (Lipinski definition) is 4. The first-order valence-corrected chi connectivity index (χ1v) is 8.39. The van der Waals surface area contributed by atoms with Crippen LogP contribution in [0.4, 0.5) is 0 Å². The topological polar surface area (TPSA) is 92.5 Å². The normalized spacial score (nSPS) is 46.7. The third kappa shape index (κ3) is 1.53. The highest BCUT2D eigenvalue weighted by Gasteiger charge is 2.66. The van der Waals surface area contributed by atoms with E-state index >= 15 is 0 Å². The van der Waals surface area contributed by atoms with Crippen LogP contribution in [0.2, 0.25) is 0 Å². The quantitative estimate of drug-likeness (QED) is 0.587. The molecule has 0 saturated heterocycles. The van der Waals surface area contributed by atoms with E-state index in [1.54, 1.807) is 6.07 Å². The van der Waals surface area contributed by atoms with Gasteiger partial charge >= 0.3 is 0 Å². The lowest BCUT2D eigenvalue weighted by atomic mass is 9.49. The molecular formula is C18H26N2O2. The van der Waals surface area contributed by atoms with Crippen LogP contribution in [-0.2, 0) is 12.0 Å². The second-order valence-corrected chi connectivity index (χ2v) is 7.99. The van der Waals surface area contributed by atoms with Crippen molar-refractivity contribution in [2.45, 2.75) is 62.6 Å². The monoisotopic (exact) mass is 302 g/mol. The molecule has 1 aromatic carbocycles. The number of nitrogens with two attached hydrogens (primary N) is 2. The number of benzene rings is 1. The molecule has 120 valence electrons. The van der Waals surface area contributed by atoms with Gasteiger partial charge in [0.15, 0.2) is 0 Å². The summed E-state index contributed by atoms with van der Waals surface area (Å²) in [6, 6.07) is 5.56. The molecule has 3 aliphatic carbocycles. The van der Waals surface area contributed by atoms with Crippen molar-refractivity contribution in [2.24, 2.45) is 22.8 Å². The Hall–Kier alpha value is -1.10. The summed E-state index contributed by atoms with van der Waals surface area (Å²) in [7, 11) is 0. The van der Waals surface area contributed by atoms with Crippen molar-refractivity contribution in [3.05, 3.63) is 29.3 Å². The van der Waals surface area contributed by atoms with Gasteiger partial charge in [0, 0.05) is 16.5 Å². The summed E-state index contributed by atoms with van der Waals surface area (Å²) in [6.45, 7) is 2.15. The molecule has 0 radical (unpaired) electrons.